The Labute approximate surface area is 125 Å². The molecule has 0 heterocycles. The van der Waals surface area contributed by atoms with E-state index in [1.165, 1.54) is 0 Å². The minimum absolute atomic E-state index is 0.240. The van der Waals surface area contributed by atoms with Crippen LogP contribution in [0.2, 0.25) is 0 Å². The molecule has 0 bridgehead atoms. The summed E-state index contributed by atoms with van der Waals surface area (Å²) in [5.41, 5.74) is 3.08. The fraction of sp³-hybridized carbons (Fsp3) is 0.188. The predicted octanol–water partition coefficient (Wildman–Crippen LogP) is 4.00. The van der Waals surface area contributed by atoms with E-state index in [2.05, 4.69) is 22.6 Å². The summed E-state index contributed by atoms with van der Waals surface area (Å²) in [6.07, 6.45) is 1.41. The summed E-state index contributed by atoms with van der Waals surface area (Å²) in [5.74, 6) is 1.09. The van der Waals surface area contributed by atoms with Gasteiger partial charge >= 0.3 is 0 Å². The van der Waals surface area contributed by atoms with Gasteiger partial charge in [-0.2, -0.15) is 0 Å². The summed E-state index contributed by atoms with van der Waals surface area (Å²) < 4.78 is 6.91. The van der Waals surface area contributed by atoms with Gasteiger partial charge in [-0.05, 0) is 46.7 Å². The van der Waals surface area contributed by atoms with Gasteiger partial charge in [-0.3, -0.25) is 4.79 Å². The third-order valence-electron chi connectivity index (χ3n) is 3.34. The number of rotatable bonds is 3. The number of carbonyl (C=O) groups excluding carboxylic acids is 1. The van der Waals surface area contributed by atoms with Crippen molar-refractivity contribution in [2.45, 2.75) is 19.4 Å². The van der Waals surface area contributed by atoms with Gasteiger partial charge in [-0.1, -0.05) is 30.3 Å². The van der Waals surface area contributed by atoms with Crippen molar-refractivity contribution in [2.24, 2.45) is 0 Å². The van der Waals surface area contributed by atoms with Gasteiger partial charge < -0.3 is 4.74 Å². The summed E-state index contributed by atoms with van der Waals surface area (Å²) in [4.78, 5) is 11.9. The number of halogens is 1. The maximum absolute atomic E-state index is 11.9. The van der Waals surface area contributed by atoms with E-state index in [0.29, 0.717) is 13.0 Å². The van der Waals surface area contributed by atoms with E-state index < -0.39 is 0 Å². The van der Waals surface area contributed by atoms with Gasteiger partial charge in [-0.15, -0.1) is 0 Å². The van der Waals surface area contributed by atoms with Crippen LogP contribution < -0.4 is 4.74 Å². The molecule has 2 aromatic rings. The maximum atomic E-state index is 11.9. The Kier molecular flexibility index (Phi) is 3.55. The highest BCUT2D eigenvalue weighted by Crippen LogP contribution is 2.34. The van der Waals surface area contributed by atoms with E-state index in [9.17, 15) is 4.79 Å². The molecule has 0 amide bonds. The molecule has 1 aliphatic rings. The summed E-state index contributed by atoms with van der Waals surface area (Å²) in [5, 5.41) is 0. The van der Waals surface area contributed by atoms with Crippen LogP contribution in [0.1, 0.15) is 27.9 Å². The first-order valence-electron chi connectivity index (χ1n) is 6.27. The average Bonchev–Trinajstić information content (AvgIpc) is 2.83. The number of benzene rings is 2. The van der Waals surface area contributed by atoms with Crippen LogP contribution in [0.3, 0.4) is 0 Å². The number of ether oxygens (including phenoxy) is 1. The Balaban J connectivity index is 1.85. The molecule has 0 aromatic heterocycles. The van der Waals surface area contributed by atoms with Crippen LogP contribution >= 0.6 is 22.6 Å². The SMILES string of the molecule is O=C1CCc2c(OCc3ccccc3)ccc(I)c21. The molecule has 19 heavy (non-hydrogen) atoms. The van der Waals surface area contributed by atoms with Gasteiger partial charge in [0.1, 0.15) is 12.4 Å². The summed E-state index contributed by atoms with van der Waals surface area (Å²) >= 11 is 2.22. The fourth-order valence-corrected chi connectivity index (χ4v) is 3.19. The molecule has 2 aromatic carbocycles. The molecular weight excluding hydrogens is 351 g/mol. The Morgan fingerprint density at radius 1 is 1.05 bits per heavy atom. The first-order valence-corrected chi connectivity index (χ1v) is 7.35. The van der Waals surface area contributed by atoms with E-state index >= 15 is 0 Å². The molecule has 0 N–H and O–H groups in total. The second-order valence-corrected chi connectivity index (χ2v) is 5.76. The van der Waals surface area contributed by atoms with Crippen molar-refractivity contribution in [1.29, 1.82) is 0 Å². The largest absolute Gasteiger partial charge is 0.489 e. The minimum atomic E-state index is 0.240. The van der Waals surface area contributed by atoms with E-state index in [1.807, 2.05) is 42.5 Å². The molecule has 0 fully saturated rings. The third-order valence-corrected chi connectivity index (χ3v) is 4.24. The second kappa shape index (κ2) is 5.33. The lowest BCUT2D eigenvalue weighted by Gasteiger charge is -2.11. The zero-order valence-corrected chi connectivity index (χ0v) is 12.5. The van der Waals surface area contributed by atoms with Gasteiger partial charge in [0.25, 0.3) is 0 Å². The molecule has 0 saturated carbocycles. The fourth-order valence-electron chi connectivity index (χ4n) is 2.38. The van der Waals surface area contributed by atoms with E-state index in [0.717, 1.165) is 32.4 Å². The molecule has 0 radical (unpaired) electrons. The predicted molar refractivity (Wildman–Crippen MR) is 82.6 cm³/mol. The third kappa shape index (κ3) is 2.52. The van der Waals surface area contributed by atoms with Crippen molar-refractivity contribution in [3.8, 4) is 5.75 Å². The van der Waals surface area contributed by atoms with Crippen LogP contribution in [-0.4, -0.2) is 5.78 Å². The average molecular weight is 364 g/mol. The number of carbonyl (C=O) groups is 1. The monoisotopic (exact) mass is 364 g/mol. The Hall–Kier alpha value is -1.36. The van der Waals surface area contributed by atoms with Gasteiger partial charge in [-0.25, -0.2) is 0 Å². The Morgan fingerprint density at radius 3 is 2.63 bits per heavy atom. The lowest BCUT2D eigenvalue weighted by atomic mass is 10.1. The highest BCUT2D eigenvalue weighted by molar-refractivity contribution is 14.1. The molecule has 0 atom stereocenters. The maximum Gasteiger partial charge on any atom is 0.164 e. The summed E-state index contributed by atoms with van der Waals surface area (Å²) in [7, 11) is 0. The lowest BCUT2D eigenvalue weighted by Crippen LogP contribution is -2.00. The first-order chi connectivity index (χ1) is 9.25. The van der Waals surface area contributed by atoms with Crippen molar-refractivity contribution >= 4 is 28.4 Å². The van der Waals surface area contributed by atoms with Gasteiger partial charge in [0.15, 0.2) is 5.78 Å². The Bertz CT molecular complexity index is 620. The Morgan fingerprint density at radius 2 is 1.84 bits per heavy atom. The standard InChI is InChI=1S/C16H13IO2/c17-13-7-9-15(12-6-8-14(18)16(12)13)19-10-11-4-2-1-3-5-11/h1-5,7,9H,6,8,10H2. The van der Waals surface area contributed by atoms with Crippen LogP contribution in [0, 0.1) is 3.57 Å². The molecule has 3 rings (SSSR count). The molecular formula is C16H13IO2. The molecule has 0 aliphatic heterocycles. The van der Waals surface area contributed by atoms with Crippen molar-refractivity contribution < 1.29 is 9.53 Å². The summed E-state index contributed by atoms with van der Waals surface area (Å²) in [6.45, 7) is 0.544. The van der Waals surface area contributed by atoms with Crippen molar-refractivity contribution in [3.63, 3.8) is 0 Å². The zero-order chi connectivity index (χ0) is 13.2. The molecule has 0 unspecified atom stereocenters. The zero-order valence-electron chi connectivity index (χ0n) is 10.4. The molecule has 96 valence electrons. The number of hydrogen-bond acceptors (Lipinski definition) is 2. The molecule has 1 aliphatic carbocycles. The summed E-state index contributed by atoms with van der Waals surface area (Å²) in [6, 6.07) is 14.0. The normalized spacial score (nSPS) is 13.4. The highest BCUT2D eigenvalue weighted by Gasteiger charge is 2.25. The van der Waals surface area contributed by atoms with Crippen molar-refractivity contribution in [1.82, 2.24) is 0 Å². The number of fused-ring (bicyclic) bond motifs is 1. The second-order valence-electron chi connectivity index (χ2n) is 4.60. The van der Waals surface area contributed by atoms with Gasteiger partial charge in [0, 0.05) is 21.1 Å². The van der Waals surface area contributed by atoms with E-state index in [1.54, 1.807) is 0 Å². The topological polar surface area (TPSA) is 26.3 Å². The van der Waals surface area contributed by atoms with Crippen LogP contribution in [0.15, 0.2) is 42.5 Å². The van der Waals surface area contributed by atoms with Crippen LogP contribution in [0.4, 0.5) is 0 Å². The molecule has 3 heteroatoms. The smallest absolute Gasteiger partial charge is 0.164 e. The van der Waals surface area contributed by atoms with Crippen LogP contribution in [-0.2, 0) is 13.0 Å². The number of ketones is 1. The highest BCUT2D eigenvalue weighted by atomic mass is 127. The molecule has 0 saturated heterocycles. The quantitative estimate of drug-likeness (QED) is 0.770. The molecule has 0 spiro atoms. The van der Waals surface area contributed by atoms with E-state index in [-0.39, 0.29) is 5.78 Å². The number of hydrogen-bond donors (Lipinski definition) is 0. The van der Waals surface area contributed by atoms with Crippen LogP contribution in [0.5, 0.6) is 5.75 Å². The van der Waals surface area contributed by atoms with E-state index in [4.69, 9.17) is 4.74 Å². The van der Waals surface area contributed by atoms with Crippen molar-refractivity contribution in [2.75, 3.05) is 0 Å². The van der Waals surface area contributed by atoms with Crippen LogP contribution in [0.25, 0.3) is 0 Å². The minimum Gasteiger partial charge on any atom is -0.489 e. The van der Waals surface area contributed by atoms with Gasteiger partial charge in [0.2, 0.25) is 0 Å². The number of Topliss-reactive ketones (excluding diaryl/α,β-unsaturated/α-hetero) is 1. The van der Waals surface area contributed by atoms with Crippen molar-refractivity contribution in [3.05, 3.63) is 62.7 Å². The van der Waals surface area contributed by atoms with Gasteiger partial charge in [0.05, 0.1) is 0 Å². The molecule has 2 nitrogen and oxygen atoms in total. The lowest BCUT2D eigenvalue weighted by molar-refractivity contribution is 0.0994. The first kappa shape index (κ1) is 12.7.